The van der Waals surface area contributed by atoms with E-state index in [1.807, 2.05) is 212 Å². The van der Waals surface area contributed by atoms with E-state index in [0.717, 1.165) is 66.3 Å². The third-order valence-corrected chi connectivity index (χ3v) is 13.0. The van der Waals surface area contributed by atoms with Crippen molar-refractivity contribution in [3.05, 3.63) is 242 Å². The van der Waals surface area contributed by atoms with Crippen molar-refractivity contribution < 1.29 is 0 Å². The van der Waals surface area contributed by atoms with Crippen LogP contribution < -0.4 is 0 Å². The Kier molecular flexibility index (Phi) is 11.3. The quantitative estimate of drug-likeness (QED) is 0.130. The second kappa shape index (κ2) is 19.1. The molecule has 11 heteroatoms. The van der Waals surface area contributed by atoms with Crippen LogP contribution in [0.5, 0.6) is 0 Å². The average Bonchev–Trinajstić information content (AvgIpc) is 3.83. The first-order chi connectivity index (χ1) is 37.1. The topological polar surface area (TPSA) is 145 Å². The molecule has 0 aliphatic heterocycles. The zero-order valence-electron chi connectivity index (χ0n) is 39.9. The summed E-state index contributed by atoms with van der Waals surface area (Å²) in [5.41, 5.74) is 10.3. The third kappa shape index (κ3) is 8.60. The number of rotatable bonds is 10. The lowest BCUT2D eigenvalue weighted by atomic mass is 10.1. The number of hydrogen-bond donors (Lipinski definition) is 0. The molecule has 13 rings (SSSR count). The molecule has 350 valence electrons. The molecule has 0 saturated carbocycles. The molecule has 9 aromatic carbocycles. The van der Waals surface area contributed by atoms with Crippen LogP contribution in [-0.4, -0.2) is 49.4 Å². The number of benzene rings is 9. The van der Waals surface area contributed by atoms with Crippen molar-refractivity contribution in [1.29, 1.82) is 5.26 Å². The van der Waals surface area contributed by atoms with Crippen LogP contribution in [0.1, 0.15) is 5.56 Å². The first-order valence-electron chi connectivity index (χ1n) is 24.3. The van der Waals surface area contributed by atoms with Gasteiger partial charge in [-0.1, -0.05) is 182 Å². The number of hydrogen-bond acceptors (Lipinski definition) is 10. The van der Waals surface area contributed by atoms with Crippen LogP contribution in [0, 0.1) is 11.3 Å². The predicted octanol–water partition coefficient (Wildman–Crippen LogP) is 14.2. The zero-order chi connectivity index (χ0) is 50.1. The largest absolute Gasteiger partial charge is 0.308 e. The zero-order valence-corrected chi connectivity index (χ0v) is 39.9. The fourth-order valence-corrected chi connectivity index (χ4v) is 9.32. The van der Waals surface area contributed by atoms with E-state index in [1.165, 1.54) is 0 Å². The standard InChI is InChI=1S/C64H39N11/c65-40-50-32-31-49(64-73-60(45-27-15-5-16-28-45)68-61(74-64)46-29-17-6-18-30-46)39-55(50)75-53-35-33-47(62-69-56(41-19-7-1-8-20-41)66-57(70-62)42-21-9-2-10-22-42)37-51(53)52-38-48(34-36-54(52)75)63-71-58(43-23-11-3-12-24-43)67-59(72-63)44-25-13-4-14-26-44/h1-39H. The maximum atomic E-state index is 10.9. The molecular formula is C64H39N11. The molecule has 0 bridgehead atoms. The molecule has 0 saturated heterocycles. The molecule has 0 N–H and O–H groups in total. The highest BCUT2D eigenvalue weighted by molar-refractivity contribution is 6.11. The first kappa shape index (κ1) is 44.3. The van der Waals surface area contributed by atoms with E-state index in [1.54, 1.807) is 0 Å². The monoisotopic (exact) mass is 961 g/mol. The maximum absolute atomic E-state index is 10.9. The molecule has 0 aliphatic carbocycles. The smallest absolute Gasteiger partial charge is 0.164 e. The van der Waals surface area contributed by atoms with E-state index >= 15 is 0 Å². The number of fused-ring (bicyclic) bond motifs is 3. The summed E-state index contributed by atoms with van der Waals surface area (Å²) in [7, 11) is 0. The Hall–Kier alpha value is -10.7. The molecular weight excluding hydrogens is 923 g/mol. The Morgan fingerprint density at radius 2 is 0.493 bits per heavy atom. The predicted molar refractivity (Wildman–Crippen MR) is 295 cm³/mol. The van der Waals surface area contributed by atoms with Crippen molar-refractivity contribution in [1.82, 2.24) is 49.4 Å². The van der Waals surface area contributed by atoms with Crippen LogP contribution in [0.4, 0.5) is 0 Å². The van der Waals surface area contributed by atoms with Gasteiger partial charge in [0.2, 0.25) is 0 Å². The fourth-order valence-electron chi connectivity index (χ4n) is 9.32. The molecule has 4 aromatic heterocycles. The van der Waals surface area contributed by atoms with Gasteiger partial charge in [0, 0.05) is 60.8 Å². The number of aromatic nitrogens is 10. The molecule has 13 aromatic rings. The molecule has 0 radical (unpaired) electrons. The summed E-state index contributed by atoms with van der Waals surface area (Å²) in [6, 6.07) is 80.2. The third-order valence-electron chi connectivity index (χ3n) is 13.0. The summed E-state index contributed by atoms with van der Waals surface area (Å²) in [5, 5.41) is 12.7. The average molecular weight is 962 g/mol. The molecule has 0 fully saturated rings. The molecule has 0 spiro atoms. The SMILES string of the molecule is N#Cc1ccc(-c2nc(-c3ccccc3)nc(-c3ccccc3)n2)cc1-n1c2ccc(-c3nc(-c4ccccc4)nc(-c4ccccc4)n3)cc2c2cc(-c3nc(-c4ccccc4)nc(-c4ccccc4)n3)ccc21. The Bertz CT molecular complexity index is 3920. The molecule has 0 amide bonds. The van der Waals surface area contributed by atoms with Crippen LogP contribution in [-0.2, 0) is 0 Å². The van der Waals surface area contributed by atoms with Gasteiger partial charge in [-0.3, -0.25) is 0 Å². The van der Waals surface area contributed by atoms with E-state index in [2.05, 4.69) is 34.9 Å². The van der Waals surface area contributed by atoms with Crippen molar-refractivity contribution in [2.45, 2.75) is 0 Å². The number of nitriles is 1. The highest BCUT2D eigenvalue weighted by Gasteiger charge is 2.22. The van der Waals surface area contributed by atoms with Gasteiger partial charge in [0.05, 0.1) is 22.3 Å². The van der Waals surface area contributed by atoms with E-state index in [0.29, 0.717) is 69.2 Å². The Morgan fingerprint density at radius 3 is 0.760 bits per heavy atom. The van der Waals surface area contributed by atoms with Gasteiger partial charge >= 0.3 is 0 Å². The van der Waals surface area contributed by atoms with Crippen LogP contribution in [0.15, 0.2) is 237 Å². The Labute approximate surface area is 431 Å². The van der Waals surface area contributed by atoms with E-state index in [4.69, 9.17) is 44.9 Å². The van der Waals surface area contributed by atoms with E-state index < -0.39 is 0 Å². The molecule has 0 atom stereocenters. The minimum Gasteiger partial charge on any atom is -0.308 e. The second-order valence-electron chi connectivity index (χ2n) is 17.8. The lowest BCUT2D eigenvalue weighted by Gasteiger charge is -2.13. The van der Waals surface area contributed by atoms with Crippen molar-refractivity contribution in [2.75, 3.05) is 0 Å². The lowest BCUT2D eigenvalue weighted by molar-refractivity contribution is 1.07. The van der Waals surface area contributed by atoms with Gasteiger partial charge in [0.25, 0.3) is 0 Å². The normalized spacial score (nSPS) is 11.2. The Morgan fingerprint density at radius 1 is 0.253 bits per heavy atom. The summed E-state index contributed by atoms with van der Waals surface area (Å²) in [5.74, 6) is 4.80. The van der Waals surface area contributed by atoms with Gasteiger partial charge in [0.15, 0.2) is 52.4 Å². The lowest BCUT2D eigenvalue weighted by Crippen LogP contribution is -2.02. The summed E-state index contributed by atoms with van der Waals surface area (Å²) >= 11 is 0. The summed E-state index contributed by atoms with van der Waals surface area (Å²) in [6.07, 6.45) is 0. The van der Waals surface area contributed by atoms with Gasteiger partial charge in [-0.05, 0) is 54.6 Å². The van der Waals surface area contributed by atoms with Crippen LogP contribution in [0.2, 0.25) is 0 Å². The molecule has 75 heavy (non-hydrogen) atoms. The van der Waals surface area contributed by atoms with Crippen molar-refractivity contribution in [2.24, 2.45) is 0 Å². The minimum atomic E-state index is 0.460. The van der Waals surface area contributed by atoms with Crippen LogP contribution in [0.25, 0.3) is 130 Å². The van der Waals surface area contributed by atoms with E-state index in [-0.39, 0.29) is 0 Å². The summed E-state index contributed by atoms with van der Waals surface area (Å²) < 4.78 is 2.13. The maximum Gasteiger partial charge on any atom is 0.164 e. The molecule has 4 heterocycles. The van der Waals surface area contributed by atoms with E-state index in [9.17, 15) is 5.26 Å². The van der Waals surface area contributed by atoms with Gasteiger partial charge in [0.1, 0.15) is 6.07 Å². The number of nitrogens with zero attached hydrogens (tertiary/aromatic N) is 11. The molecule has 0 aliphatic rings. The van der Waals surface area contributed by atoms with Gasteiger partial charge in [-0.25, -0.2) is 44.9 Å². The van der Waals surface area contributed by atoms with Gasteiger partial charge in [-0.15, -0.1) is 0 Å². The van der Waals surface area contributed by atoms with Crippen molar-refractivity contribution in [3.8, 4) is 114 Å². The fraction of sp³-hybridized carbons (Fsp3) is 0. The van der Waals surface area contributed by atoms with Gasteiger partial charge in [-0.2, -0.15) is 5.26 Å². The molecule has 0 unspecified atom stereocenters. The summed E-state index contributed by atoms with van der Waals surface area (Å²) in [4.78, 5) is 45.4. The Balaban J connectivity index is 1.04. The van der Waals surface area contributed by atoms with Gasteiger partial charge < -0.3 is 4.57 Å². The minimum absolute atomic E-state index is 0.460. The first-order valence-corrected chi connectivity index (χ1v) is 24.3. The van der Waals surface area contributed by atoms with Crippen LogP contribution >= 0.6 is 0 Å². The summed E-state index contributed by atoms with van der Waals surface area (Å²) in [6.45, 7) is 0. The van der Waals surface area contributed by atoms with Crippen LogP contribution in [0.3, 0.4) is 0 Å². The van der Waals surface area contributed by atoms with Crippen molar-refractivity contribution in [3.63, 3.8) is 0 Å². The molecule has 11 nitrogen and oxygen atoms in total. The van der Waals surface area contributed by atoms with Crippen molar-refractivity contribution >= 4 is 21.8 Å². The highest BCUT2D eigenvalue weighted by atomic mass is 15.1. The second-order valence-corrected chi connectivity index (χ2v) is 17.8. The highest BCUT2D eigenvalue weighted by Crippen LogP contribution is 2.39.